The van der Waals surface area contributed by atoms with Crippen LogP contribution in [0, 0.1) is 5.41 Å². The van der Waals surface area contributed by atoms with Crippen LogP contribution in [0.5, 0.6) is 0 Å². The first kappa shape index (κ1) is 13.0. The Balaban J connectivity index is 2.23. The van der Waals surface area contributed by atoms with Crippen molar-refractivity contribution in [3.63, 3.8) is 0 Å². The highest BCUT2D eigenvalue weighted by Crippen LogP contribution is 2.42. The molecule has 0 saturated carbocycles. The summed E-state index contributed by atoms with van der Waals surface area (Å²) in [5.41, 5.74) is 1.74. The first-order valence-electron chi connectivity index (χ1n) is 6.71. The van der Waals surface area contributed by atoms with Gasteiger partial charge in [0.05, 0.1) is 10.7 Å². The lowest BCUT2D eigenvalue weighted by Crippen LogP contribution is -2.30. The minimum absolute atomic E-state index is 0.386. The third-order valence-electron chi connectivity index (χ3n) is 3.58. The number of nitrogens with zero attached hydrogens (tertiary/aromatic N) is 1. The number of thiazole rings is 1. The van der Waals surface area contributed by atoms with E-state index < -0.39 is 0 Å². The van der Waals surface area contributed by atoms with E-state index in [1.54, 1.807) is 0 Å². The van der Waals surface area contributed by atoms with Crippen molar-refractivity contribution in [2.24, 2.45) is 5.41 Å². The number of fused-ring (bicyclic) bond motifs is 1. The van der Waals surface area contributed by atoms with Crippen LogP contribution >= 0.6 is 11.3 Å². The van der Waals surface area contributed by atoms with E-state index in [2.05, 4.69) is 33.1 Å². The Labute approximate surface area is 109 Å². The third kappa shape index (κ3) is 2.89. The van der Waals surface area contributed by atoms with Gasteiger partial charge in [-0.2, -0.15) is 0 Å². The van der Waals surface area contributed by atoms with Gasteiger partial charge < -0.3 is 5.32 Å². The number of hydrogen-bond donors (Lipinski definition) is 1. The summed E-state index contributed by atoms with van der Waals surface area (Å²) in [4.78, 5) is 6.36. The molecule has 0 amide bonds. The molecule has 0 bridgehead atoms. The molecule has 0 spiro atoms. The second-order valence-electron chi connectivity index (χ2n) is 5.91. The van der Waals surface area contributed by atoms with E-state index in [0.717, 1.165) is 12.8 Å². The van der Waals surface area contributed by atoms with Crippen molar-refractivity contribution in [3.8, 4) is 0 Å². The van der Waals surface area contributed by atoms with Crippen LogP contribution in [0.4, 0.5) is 0 Å². The van der Waals surface area contributed by atoms with E-state index in [9.17, 15) is 0 Å². The molecule has 2 nitrogen and oxygen atoms in total. The number of nitrogens with one attached hydrogen (secondary N) is 1. The van der Waals surface area contributed by atoms with Gasteiger partial charge in [0.25, 0.3) is 0 Å². The Morgan fingerprint density at radius 1 is 1.47 bits per heavy atom. The van der Waals surface area contributed by atoms with E-state index in [-0.39, 0.29) is 0 Å². The number of aromatic nitrogens is 1. The van der Waals surface area contributed by atoms with Gasteiger partial charge in [-0.15, -0.1) is 11.3 Å². The highest BCUT2D eigenvalue weighted by molar-refractivity contribution is 7.11. The van der Waals surface area contributed by atoms with E-state index in [1.807, 2.05) is 11.3 Å². The molecule has 1 aromatic heterocycles. The smallest absolute Gasteiger partial charge is 0.0931 e. The van der Waals surface area contributed by atoms with Crippen LogP contribution in [-0.4, -0.2) is 12.0 Å². The van der Waals surface area contributed by atoms with Gasteiger partial charge in [-0.05, 0) is 38.1 Å². The summed E-state index contributed by atoms with van der Waals surface area (Å²) in [5.74, 6) is 0. The molecule has 0 aliphatic heterocycles. The van der Waals surface area contributed by atoms with Gasteiger partial charge in [-0.25, -0.2) is 4.98 Å². The van der Waals surface area contributed by atoms with Gasteiger partial charge in [-0.1, -0.05) is 27.2 Å². The Morgan fingerprint density at radius 2 is 2.24 bits per heavy atom. The molecule has 1 aliphatic carbocycles. The summed E-state index contributed by atoms with van der Waals surface area (Å²) >= 11 is 1.94. The molecule has 17 heavy (non-hydrogen) atoms. The first-order valence-corrected chi connectivity index (χ1v) is 7.53. The van der Waals surface area contributed by atoms with E-state index >= 15 is 0 Å². The normalized spacial score (nSPS) is 22.5. The van der Waals surface area contributed by atoms with Crippen LogP contribution < -0.4 is 5.32 Å². The average Bonchev–Trinajstić information content (AvgIpc) is 2.66. The number of hydrogen-bond acceptors (Lipinski definition) is 3. The van der Waals surface area contributed by atoms with Crippen molar-refractivity contribution in [3.05, 3.63) is 15.6 Å². The van der Waals surface area contributed by atoms with Crippen molar-refractivity contribution >= 4 is 11.3 Å². The summed E-state index contributed by atoms with van der Waals surface area (Å²) in [5, 5.41) is 4.80. The molecule has 0 radical (unpaired) electrons. The fourth-order valence-corrected chi connectivity index (χ4v) is 3.89. The summed E-state index contributed by atoms with van der Waals surface area (Å²) in [7, 11) is 2.07. The molecular weight excluding hydrogens is 228 g/mol. The van der Waals surface area contributed by atoms with E-state index in [0.29, 0.717) is 11.5 Å². The quantitative estimate of drug-likeness (QED) is 0.883. The van der Waals surface area contributed by atoms with Crippen LogP contribution in [0.25, 0.3) is 0 Å². The molecule has 1 unspecified atom stereocenters. The number of unbranched alkanes of at least 4 members (excludes halogenated alkanes) is 1. The van der Waals surface area contributed by atoms with Crippen LogP contribution in [0.15, 0.2) is 0 Å². The molecule has 96 valence electrons. The Morgan fingerprint density at radius 3 is 2.88 bits per heavy atom. The zero-order chi connectivity index (χ0) is 12.5. The molecular formula is C14H24N2S. The van der Waals surface area contributed by atoms with Crippen molar-refractivity contribution in [1.82, 2.24) is 10.3 Å². The monoisotopic (exact) mass is 252 g/mol. The van der Waals surface area contributed by atoms with E-state index in [1.165, 1.54) is 34.8 Å². The average molecular weight is 252 g/mol. The SMILES string of the molecule is CCCCc1nc2c(s1)C(NC)CC(C)(C)C2. The molecule has 1 aromatic rings. The Bertz CT molecular complexity index is 382. The molecule has 0 fully saturated rings. The second kappa shape index (κ2) is 5.07. The highest BCUT2D eigenvalue weighted by atomic mass is 32.1. The minimum atomic E-state index is 0.386. The van der Waals surface area contributed by atoms with Gasteiger partial charge in [0.1, 0.15) is 0 Å². The fraction of sp³-hybridized carbons (Fsp3) is 0.786. The molecule has 1 atom stereocenters. The predicted molar refractivity (Wildman–Crippen MR) is 74.6 cm³/mol. The van der Waals surface area contributed by atoms with Crippen molar-refractivity contribution in [2.75, 3.05) is 7.05 Å². The van der Waals surface area contributed by atoms with Gasteiger partial charge in [0.2, 0.25) is 0 Å². The third-order valence-corrected chi connectivity index (χ3v) is 4.85. The molecule has 3 heteroatoms. The highest BCUT2D eigenvalue weighted by Gasteiger charge is 2.34. The van der Waals surface area contributed by atoms with Crippen molar-refractivity contribution < 1.29 is 0 Å². The molecule has 1 N–H and O–H groups in total. The van der Waals surface area contributed by atoms with Crippen molar-refractivity contribution in [2.45, 2.75) is 58.9 Å². The topological polar surface area (TPSA) is 24.9 Å². The number of aryl methyl sites for hydroxylation is 1. The van der Waals surface area contributed by atoms with Gasteiger partial charge >= 0.3 is 0 Å². The standard InChI is InChI=1S/C14H24N2S/c1-5-6-7-12-16-11-9-14(2,3)8-10(15-4)13(11)17-12/h10,15H,5-9H2,1-4H3. The number of rotatable bonds is 4. The Kier molecular flexibility index (Phi) is 3.88. The lowest BCUT2D eigenvalue weighted by molar-refractivity contribution is 0.265. The lowest BCUT2D eigenvalue weighted by atomic mass is 9.76. The van der Waals surface area contributed by atoms with E-state index in [4.69, 9.17) is 4.98 Å². The molecule has 0 saturated heterocycles. The maximum absolute atomic E-state index is 4.86. The first-order chi connectivity index (χ1) is 8.05. The maximum atomic E-state index is 4.86. The van der Waals surface area contributed by atoms with Crippen molar-refractivity contribution in [1.29, 1.82) is 0 Å². The minimum Gasteiger partial charge on any atom is -0.312 e. The zero-order valence-corrected chi connectivity index (χ0v) is 12.3. The van der Waals surface area contributed by atoms with Crippen LogP contribution in [0.3, 0.4) is 0 Å². The lowest BCUT2D eigenvalue weighted by Gasteiger charge is -2.34. The Hall–Kier alpha value is -0.410. The van der Waals surface area contributed by atoms with Gasteiger partial charge in [0.15, 0.2) is 0 Å². The van der Waals surface area contributed by atoms with Crippen LogP contribution in [0.1, 0.15) is 61.7 Å². The largest absolute Gasteiger partial charge is 0.312 e. The summed E-state index contributed by atoms with van der Waals surface area (Å²) < 4.78 is 0. The molecule has 2 rings (SSSR count). The predicted octanol–water partition coefficient (Wildman–Crippen LogP) is 3.72. The molecule has 1 aliphatic rings. The second-order valence-corrected chi connectivity index (χ2v) is 7.02. The molecule has 0 aromatic carbocycles. The van der Waals surface area contributed by atoms with Gasteiger partial charge in [0, 0.05) is 10.9 Å². The summed E-state index contributed by atoms with van der Waals surface area (Å²) in [6.45, 7) is 6.95. The van der Waals surface area contributed by atoms with Crippen LogP contribution in [0.2, 0.25) is 0 Å². The summed E-state index contributed by atoms with van der Waals surface area (Å²) in [6, 6.07) is 0.515. The maximum Gasteiger partial charge on any atom is 0.0931 e. The summed E-state index contributed by atoms with van der Waals surface area (Å²) in [6.07, 6.45) is 6.05. The van der Waals surface area contributed by atoms with Crippen LogP contribution in [-0.2, 0) is 12.8 Å². The fourth-order valence-electron chi connectivity index (χ4n) is 2.65. The molecule has 1 heterocycles. The van der Waals surface area contributed by atoms with Gasteiger partial charge in [-0.3, -0.25) is 0 Å². The zero-order valence-electron chi connectivity index (χ0n) is 11.5.